The first-order valence-electron chi connectivity index (χ1n) is 12.1. The maximum atomic E-state index is 14.2. The summed E-state index contributed by atoms with van der Waals surface area (Å²) in [5, 5.41) is 2.46. The molecule has 0 bridgehead atoms. The van der Waals surface area contributed by atoms with Gasteiger partial charge in [0.05, 0.1) is 18.1 Å². The molecule has 39 heavy (non-hydrogen) atoms. The van der Waals surface area contributed by atoms with E-state index in [9.17, 15) is 18.8 Å². The molecular weight excluding hydrogens is 543 g/mol. The van der Waals surface area contributed by atoms with Crippen LogP contribution >= 0.6 is 23.4 Å². The number of anilines is 1. The molecule has 4 rings (SSSR count). The summed E-state index contributed by atoms with van der Waals surface area (Å²) in [5.74, 6) is -0.731. The average molecular weight is 569 g/mol. The second kappa shape index (κ2) is 12.4. The van der Waals surface area contributed by atoms with Crippen LogP contribution in [-0.4, -0.2) is 35.2 Å². The lowest BCUT2D eigenvalue weighted by molar-refractivity contribution is -0.123. The number of nitrogens with zero attached hydrogens (tertiary/aromatic N) is 1. The number of aryl methyl sites for hydroxylation is 1. The van der Waals surface area contributed by atoms with Crippen LogP contribution in [-0.2, 0) is 16.1 Å². The highest BCUT2D eigenvalue weighted by molar-refractivity contribution is 8.18. The Labute approximate surface area is 234 Å². The highest BCUT2D eigenvalue weighted by Crippen LogP contribution is 2.36. The molecule has 0 unspecified atom stereocenters. The minimum atomic E-state index is -0.592. The Kier molecular flexibility index (Phi) is 8.93. The smallest absolute Gasteiger partial charge is 0.293 e. The number of benzene rings is 3. The molecule has 3 aromatic carbocycles. The first-order valence-corrected chi connectivity index (χ1v) is 13.3. The molecule has 0 atom stereocenters. The zero-order valence-electron chi connectivity index (χ0n) is 21.5. The van der Waals surface area contributed by atoms with Gasteiger partial charge in [-0.05, 0) is 85.6 Å². The zero-order valence-corrected chi connectivity index (χ0v) is 23.1. The third-order valence-corrected chi connectivity index (χ3v) is 7.32. The van der Waals surface area contributed by atoms with Crippen LogP contribution in [0.4, 0.5) is 14.9 Å². The van der Waals surface area contributed by atoms with Gasteiger partial charge in [-0.2, -0.15) is 0 Å². The van der Waals surface area contributed by atoms with Crippen molar-refractivity contribution in [1.82, 2.24) is 4.90 Å². The van der Waals surface area contributed by atoms with Gasteiger partial charge in [-0.15, -0.1) is 0 Å². The standard InChI is InChI=1S/C29H26ClFN2O5S/c1-4-37-25-13-19(11-12-24(25)38-16-27(34)32-23-10-5-7-17(2)18(23)3)14-26-28(35)33(29(36)39-26)15-20-21(30)8-6-9-22(20)31/h5-14H,4,15-16H2,1-3H3,(H,32,34)/b26-14-. The van der Waals surface area contributed by atoms with Crippen LogP contribution in [0.15, 0.2) is 59.5 Å². The number of nitrogens with one attached hydrogen (secondary N) is 1. The molecule has 1 aliphatic heterocycles. The van der Waals surface area contributed by atoms with Crippen molar-refractivity contribution in [2.24, 2.45) is 0 Å². The minimum Gasteiger partial charge on any atom is -0.490 e. The van der Waals surface area contributed by atoms with E-state index in [0.29, 0.717) is 23.7 Å². The van der Waals surface area contributed by atoms with Crippen LogP contribution < -0.4 is 14.8 Å². The number of carbonyl (C=O) groups is 3. The Morgan fingerprint density at radius 1 is 1.08 bits per heavy atom. The molecule has 1 fully saturated rings. The van der Waals surface area contributed by atoms with Gasteiger partial charge in [-0.3, -0.25) is 19.3 Å². The van der Waals surface area contributed by atoms with Gasteiger partial charge in [0.1, 0.15) is 5.82 Å². The summed E-state index contributed by atoms with van der Waals surface area (Å²) in [6.07, 6.45) is 1.55. The van der Waals surface area contributed by atoms with Crippen molar-refractivity contribution < 1.29 is 28.2 Å². The van der Waals surface area contributed by atoms with Gasteiger partial charge < -0.3 is 14.8 Å². The van der Waals surface area contributed by atoms with E-state index in [4.69, 9.17) is 21.1 Å². The van der Waals surface area contributed by atoms with Gasteiger partial charge in [-0.1, -0.05) is 35.9 Å². The molecule has 0 radical (unpaired) electrons. The maximum Gasteiger partial charge on any atom is 0.293 e. The molecule has 1 aliphatic rings. The van der Waals surface area contributed by atoms with Crippen molar-refractivity contribution in [2.75, 3.05) is 18.5 Å². The van der Waals surface area contributed by atoms with E-state index >= 15 is 0 Å². The monoisotopic (exact) mass is 568 g/mol. The Bertz CT molecular complexity index is 1460. The summed E-state index contributed by atoms with van der Waals surface area (Å²) in [6.45, 7) is 5.55. The summed E-state index contributed by atoms with van der Waals surface area (Å²) in [7, 11) is 0. The number of amides is 3. The lowest BCUT2D eigenvalue weighted by Crippen LogP contribution is -2.28. The molecule has 10 heteroatoms. The lowest BCUT2D eigenvalue weighted by Gasteiger charge is -2.14. The predicted molar refractivity (Wildman–Crippen MR) is 151 cm³/mol. The molecule has 0 aromatic heterocycles. The quantitative estimate of drug-likeness (QED) is 0.287. The van der Waals surface area contributed by atoms with E-state index in [1.165, 1.54) is 18.2 Å². The van der Waals surface area contributed by atoms with Crippen molar-refractivity contribution in [3.05, 3.63) is 92.6 Å². The van der Waals surface area contributed by atoms with E-state index in [1.54, 1.807) is 24.3 Å². The number of imide groups is 1. The molecule has 0 aliphatic carbocycles. The molecule has 202 valence electrons. The zero-order chi connectivity index (χ0) is 28.1. The van der Waals surface area contributed by atoms with Crippen LogP contribution in [0.25, 0.3) is 6.08 Å². The molecule has 3 amide bonds. The van der Waals surface area contributed by atoms with Crippen LogP contribution in [0.3, 0.4) is 0 Å². The van der Waals surface area contributed by atoms with Crippen LogP contribution in [0, 0.1) is 19.7 Å². The fourth-order valence-corrected chi connectivity index (χ4v) is 4.91. The van der Waals surface area contributed by atoms with Crippen molar-refractivity contribution in [1.29, 1.82) is 0 Å². The van der Waals surface area contributed by atoms with Crippen LogP contribution in [0.1, 0.15) is 29.2 Å². The summed E-state index contributed by atoms with van der Waals surface area (Å²) in [6, 6.07) is 14.8. The lowest BCUT2D eigenvalue weighted by atomic mass is 10.1. The summed E-state index contributed by atoms with van der Waals surface area (Å²) < 4.78 is 25.6. The predicted octanol–water partition coefficient (Wildman–Crippen LogP) is 6.75. The molecule has 1 saturated heterocycles. The Balaban J connectivity index is 1.47. The third-order valence-electron chi connectivity index (χ3n) is 6.05. The van der Waals surface area contributed by atoms with Gasteiger partial charge in [-0.25, -0.2) is 4.39 Å². The van der Waals surface area contributed by atoms with Crippen molar-refractivity contribution >= 4 is 52.2 Å². The number of thioether (sulfide) groups is 1. The SMILES string of the molecule is CCOc1cc(/C=C2\SC(=O)N(Cc3c(F)cccc3Cl)C2=O)ccc1OCC(=O)Nc1cccc(C)c1C. The van der Waals surface area contributed by atoms with Crippen LogP contribution in [0.5, 0.6) is 11.5 Å². The number of hydrogen-bond donors (Lipinski definition) is 1. The molecule has 1 N–H and O–H groups in total. The highest BCUT2D eigenvalue weighted by Gasteiger charge is 2.36. The van der Waals surface area contributed by atoms with E-state index in [2.05, 4.69) is 5.32 Å². The Morgan fingerprint density at radius 2 is 1.85 bits per heavy atom. The normalized spacial score (nSPS) is 14.2. The molecule has 0 spiro atoms. The molecule has 7 nitrogen and oxygen atoms in total. The molecule has 3 aromatic rings. The van der Waals surface area contributed by atoms with Gasteiger partial charge >= 0.3 is 0 Å². The van der Waals surface area contributed by atoms with E-state index in [-0.39, 0.29) is 34.6 Å². The Morgan fingerprint density at radius 3 is 2.59 bits per heavy atom. The first kappa shape index (κ1) is 28.2. The number of hydrogen-bond acceptors (Lipinski definition) is 6. The topological polar surface area (TPSA) is 84.9 Å². The first-order chi connectivity index (χ1) is 18.7. The molecule has 1 heterocycles. The van der Waals surface area contributed by atoms with Gasteiger partial charge in [0.15, 0.2) is 18.1 Å². The number of rotatable bonds is 9. The van der Waals surface area contributed by atoms with E-state index in [1.807, 2.05) is 39.0 Å². The van der Waals surface area contributed by atoms with Gasteiger partial charge in [0.2, 0.25) is 0 Å². The summed E-state index contributed by atoms with van der Waals surface area (Å²) in [5.41, 5.74) is 3.42. The number of ether oxygens (including phenoxy) is 2. The Hall–Kier alpha value is -3.82. The second-order valence-corrected chi connectivity index (χ2v) is 10.1. The minimum absolute atomic E-state index is 0.0736. The van der Waals surface area contributed by atoms with Crippen LogP contribution in [0.2, 0.25) is 5.02 Å². The second-order valence-electron chi connectivity index (χ2n) is 8.69. The van der Waals surface area contributed by atoms with Crippen molar-refractivity contribution in [3.63, 3.8) is 0 Å². The van der Waals surface area contributed by atoms with E-state index < -0.39 is 17.0 Å². The highest BCUT2D eigenvalue weighted by atomic mass is 35.5. The van der Waals surface area contributed by atoms with Gasteiger partial charge in [0.25, 0.3) is 17.1 Å². The number of carbonyl (C=O) groups excluding carboxylic acids is 3. The van der Waals surface area contributed by atoms with Crippen molar-refractivity contribution in [3.8, 4) is 11.5 Å². The maximum absolute atomic E-state index is 14.2. The fraction of sp³-hybridized carbons (Fsp3) is 0.207. The average Bonchev–Trinajstić information content (AvgIpc) is 3.15. The van der Waals surface area contributed by atoms with E-state index in [0.717, 1.165) is 33.5 Å². The molecular formula is C29H26ClFN2O5S. The summed E-state index contributed by atoms with van der Waals surface area (Å²) in [4.78, 5) is 39.1. The third kappa shape index (κ3) is 6.61. The van der Waals surface area contributed by atoms with Gasteiger partial charge in [0, 0.05) is 16.3 Å². The summed E-state index contributed by atoms with van der Waals surface area (Å²) >= 11 is 6.82. The molecule has 0 saturated carbocycles. The largest absolute Gasteiger partial charge is 0.490 e. The fourth-order valence-electron chi connectivity index (χ4n) is 3.85. The van der Waals surface area contributed by atoms with Crippen molar-refractivity contribution in [2.45, 2.75) is 27.3 Å². The number of halogens is 2.